The maximum atomic E-state index is 12.6. The Kier molecular flexibility index (Phi) is 7.88. The van der Waals surface area contributed by atoms with Gasteiger partial charge in [0.2, 0.25) is 0 Å². The van der Waals surface area contributed by atoms with Crippen molar-refractivity contribution in [3.05, 3.63) is 0 Å². The fraction of sp³-hybridized carbons (Fsp3) is 0.957. The normalized spacial score (nSPS) is 15.6. The van der Waals surface area contributed by atoms with Crippen molar-refractivity contribution in [2.75, 3.05) is 0 Å². The van der Waals surface area contributed by atoms with E-state index in [1.807, 2.05) is 13.8 Å². The zero-order chi connectivity index (χ0) is 21.2. The molecule has 1 atom stereocenters. The van der Waals surface area contributed by atoms with Crippen LogP contribution in [-0.2, 0) is 4.74 Å². The summed E-state index contributed by atoms with van der Waals surface area (Å²) in [5, 5.41) is 3.11. The monoisotopic (exact) mass is 369 g/mol. The van der Waals surface area contributed by atoms with Crippen molar-refractivity contribution in [3.8, 4) is 0 Å². The smallest absolute Gasteiger partial charge is 0.408 e. The Balaban J connectivity index is 4.96. The van der Waals surface area contributed by atoms with Crippen molar-refractivity contribution >= 4 is 6.09 Å². The van der Waals surface area contributed by atoms with E-state index >= 15 is 0 Å². The van der Waals surface area contributed by atoms with E-state index in [9.17, 15) is 4.79 Å². The van der Waals surface area contributed by atoms with Gasteiger partial charge in [0, 0.05) is 5.54 Å². The molecule has 0 spiro atoms. The Morgan fingerprint density at radius 2 is 1.35 bits per heavy atom. The molecule has 0 aromatic rings. The van der Waals surface area contributed by atoms with Gasteiger partial charge in [-0.3, -0.25) is 0 Å². The summed E-state index contributed by atoms with van der Waals surface area (Å²) in [5.41, 5.74) is -0.432. The molecular formula is C23H47NO2. The number of hydrogen-bond acceptors (Lipinski definition) is 2. The topological polar surface area (TPSA) is 38.3 Å². The number of hydrogen-bond donors (Lipinski definition) is 1. The molecule has 1 N–H and O–H groups in total. The highest BCUT2D eigenvalue weighted by Gasteiger charge is 2.40. The molecule has 1 amide bonds. The third-order valence-electron chi connectivity index (χ3n) is 6.55. The Bertz CT molecular complexity index is 467. The minimum Gasteiger partial charge on any atom is -0.444 e. The van der Waals surface area contributed by atoms with Crippen molar-refractivity contribution in [1.29, 1.82) is 0 Å². The van der Waals surface area contributed by atoms with Crippen LogP contribution in [0.1, 0.15) is 109 Å². The quantitative estimate of drug-likeness (QED) is 0.491. The fourth-order valence-electron chi connectivity index (χ4n) is 3.83. The number of carbonyl (C=O) groups is 1. The molecule has 0 radical (unpaired) electrons. The van der Waals surface area contributed by atoms with Crippen molar-refractivity contribution in [3.63, 3.8) is 0 Å². The summed E-state index contributed by atoms with van der Waals surface area (Å²) < 4.78 is 5.85. The first-order chi connectivity index (χ1) is 11.2. The molecule has 0 aromatic heterocycles. The van der Waals surface area contributed by atoms with Gasteiger partial charge in [0.1, 0.15) is 5.60 Å². The number of amides is 1. The molecule has 1 unspecified atom stereocenters. The van der Waals surface area contributed by atoms with Gasteiger partial charge in [0.15, 0.2) is 0 Å². The lowest BCUT2D eigenvalue weighted by molar-refractivity contribution is -0.0116. The first-order valence-electron chi connectivity index (χ1n) is 10.3. The van der Waals surface area contributed by atoms with Crippen LogP contribution in [0.15, 0.2) is 0 Å². The van der Waals surface area contributed by atoms with Gasteiger partial charge in [-0.1, -0.05) is 68.7 Å². The van der Waals surface area contributed by atoms with Crippen molar-refractivity contribution < 1.29 is 9.53 Å². The lowest BCUT2D eigenvalue weighted by Crippen LogP contribution is -2.50. The molecule has 0 saturated carbocycles. The number of alkyl carbamates (subject to hydrolysis) is 1. The molecule has 26 heavy (non-hydrogen) atoms. The van der Waals surface area contributed by atoms with E-state index in [0.717, 1.165) is 19.3 Å². The lowest BCUT2D eigenvalue weighted by atomic mass is 9.64. The molecule has 0 aliphatic rings. The van der Waals surface area contributed by atoms with Gasteiger partial charge in [-0.2, -0.15) is 0 Å². The molecule has 156 valence electrons. The van der Waals surface area contributed by atoms with Crippen LogP contribution in [0.25, 0.3) is 0 Å². The average molecular weight is 370 g/mol. The molecular weight excluding hydrogens is 322 g/mol. The largest absolute Gasteiger partial charge is 0.444 e. The summed E-state index contributed by atoms with van der Waals surface area (Å²) in [7, 11) is 0. The maximum absolute atomic E-state index is 12.6. The summed E-state index contributed by atoms with van der Waals surface area (Å²) >= 11 is 0. The van der Waals surface area contributed by atoms with Crippen LogP contribution < -0.4 is 5.32 Å². The number of carbonyl (C=O) groups excluding carboxylic acids is 1. The minimum absolute atomic E-state index is 0.0951. The molecule has 0 bridgehead atoms. The maximum Gasteiger partial charge on any atom is 0.408 e. The third kappa shape index (κ3) is 7.88. The molecule has 0 rings (SSSR count). The highest BCUT2D eigenvalue weighted by Crippen LogP contribution is 2.44. The Morgan fingerprint density at radius 1 is 0.885 bits per heavy atom. The van der Waals surface area contributed by atoms with Gasteiger partial charge >= 0.3 is 6.09 Å². The van der Waals surface area contributed by atoms with E-state index in [-0.39, 0.29) is 27.9 Å². The van der Waals surface area contributed by atoms with Crippen LogP contribution in [0.2, 0.25) is 0 Å². The standard InChI is InChI=1S/C23H47NO2/c1-14-17(2)20(6,7)15-23(12,13)26-18(25)24-22(10,11)16-21(8,9)19(3,4)5/h17H,14-16H2,1-13H3,(H,24,25). The number of nitrogens with one attached hydrogen (secondary N) is 1. The predicted molar refractivity (Wildman–Crippen MR) is 113 cm³/mol. The second-order valence-corrected chi connectivity index (χ2v) is 11.9. The van der Waals surface area contributed by atoms with E-state index in [2.05, 4.69) is 81.5 Å². The predicted octanol–water partition coefficient (Wildman–Crippen LogP) is 7.19. The van der Waals surface area contributed by atoms with Gasteiger partial charge in [-0.05, 0) is 62.7 Å². The third-order valence-corrected chi connectivity index (χ3v) is 6.55. The van der Waals surface area contributed by atoms with E-state index in [0.29, 0.717) is 5.92 Å². The van der Waals surface area contributed by atoms with E-state index in [1.54, 1.807) is 0 Å². The van der Waals surface area contributed by atoms with Crippen LogP contribution >= 0.6 is 0 Å². The van der Waals surface area contributed by atoms with E-state index in [4.69, 9.17) is 4.74 Å². The Labute approximate surface area is 164 Å². The zero-order valence-corrected chi connectivity index (χ0v) is 20.0. The number of rotatable bonds is 8. The minimum atomic E-state index is -0.493. The van der Waals surface area contributed by atoms with Crippen LogP contribution in [0.3, 0.4) is 0 Å². The SMILES string of the molecule is CCC(C)C(C)(C)CC(C)(C)OC(=O)NC(C)(C)CC(C)(C)C(C)(C)C. The molecule has 0 aromatic carbocycles. The Morgan fingerprint density at radius 3 is 1.73 bits per heavy atom. The molecule has 0 aliphatic heterocycles. The highest BCUT2D eigenvalue weighted by atomic mass is 16.6. The molecule has 3 heteroatoms. The van der Waals surface area contributed by atoms with Gasteiger partial charge < -0.3 is 10.1 Å². The van der Waals surface area contributed by atoms with E-state index < -0.39 is 5.60 Å². The summed E-state index contributed by atoms with van der Waals surface area (Å²) in [5.74, 6) is 0.581. The van der Waals surface area contributed by atoms with Gasteiger partial charge in [-0.15, -0.1) is 0 Å². The lowest BCUT2D eigenvalue weighted by Gasteiger charge is -2.44. The molecule has 0 saturated heterocycles. The van der Waals surface area contributed by atoms with Gasteiger partial charge in [0.05, 0.1) is 0 Å². The van der Waals surface area contributed by atoms with Crippen LogP contribution in [-0.4, -0.2) is 17.2 Å². The number of ether oxygens (including phenoxy) is 1. The first-order valence-corrected chi connectivity index (χ1v) is 10.3. The van der Waals surface area contributed by atoms with Crippen molar-refractivity contribution in [1.82, 2.24) is 5.32 Å². The molecule has 3 nitrogen and oxygen atoms in total. The fourth-order valence-corrected chi connectivity index (χ4v) is 3.83. The molecule has 0 aliphatic carbocycles. The molecule has 0 fully saturated rings. The second kappa shape index (κ2) is 8.10. The van der Waals surface area contributed by atoms with Crippen LogP contribution in [0.5, 0.6) is 0 Å². The van der Waals surface area contributed by atoms with Crippen LogP contribution in [0, 0.1) is 22.2 Å². The second-order valence-electron chi connectivity index (χ2n) is 11.9. The van der Waals surface area contributed by atoms with Crippen molar-refractivity contribution in [2.24, 2.45) is 22.2 Å². The van der Waals surface area contributed by atoms with Gasteiger partial charge in [-0.25, -0.2) is 4.79 Å². The highest BCUT2D eigenvalue weighted by molar-refractivity contribution is 5.68. The van der Waals surface area contributed by atoms with Crippen molar-refractivity contribution in [2.45, 2.75) is 120 Å². The molecule has 0 heterocycles. The van der Waals surface area contributed by atoms with Crippen LogP contribution in [0.4, 0.5) is 4.79 Å². The van der Waals surface area contributed by atoms with E-state index in [1.165, 1.54) is 0 Å². The summed E-state index contributed by atoms with van der Waals surface area (Å²) in [4.78, 5) is 12.6. The van der Waals surface area contributed by atoms with Gasteiger partial charge in [0.25, 0.3) is 0 Å². The zero-order valence-electron chi connectivity index (χ0n) is 20.0. The summed E-state index contributed by atoms with van der Waals surface area (Å²) in [6.07, 6.45) is 2.54. The summed E-state index contributed by atoms with van der Waals surface area (Å²) in [6.45, 7) is 28.5. The summed E-state index contributed by atoms with van der Waals surface area (Å²) in [6, 6.07) is 0. The Hall–Kier alpha value is -0.730. The first kappa shape index (κ1) is 25.3. The average Bonchev–Trinajstić information content (AvgIpc) is 2.31.